The van der Waals surface area contributed by atoms with Crippen molar-refractivity contribution in [3.63, 3.8) is 0 Å². The Labute approximate surface area is 126 Å². The van der Waals surface area contributed by atoms with Crippen LogP contribution in [0.4, 0.5) is 0 Å². The molecule has 1 amide bonds. The van der Waals surface area contributed by atoms with E-state index in [1.54, 1.807) is 24.3 Å². The largest absolute Gasteiger partial charge is 0.376 e. The summed E-state index contributed by atoms with van der Waals surface area (Å²) >= 11 is 0. The number of carbonyl (C=O) groups excluding carboxylic acids is 1. The van der Waals surface area contributed by atoms with E-state index >= 15 is 0 Å². The Balaban J connectivity index is 1.70. The summed E-state index contributed by atoms with van der Waals surface area (Å²) in [6.45, 7) is 3.30. The van der Waals surface area contributed by atoms with Crippen molar-refractivity contribution in [3.05, 3.63) is 35.4 Å². The van der Waals surface area contributed by atoms with Crippen LogP contribution in [0.15, 0.2) is 24.3 Å². The van der Waals surface area contributed by atoms with E-state index in [0.717, 1.165) is 6.42 Å². The van der Waals surface area contributed by atoms with E-state index in [2.05, 4.69) is 12.2 Å². The van der Waals surface area contributed by atoms with Crippen LogP contribution in [0.1, 0.15) is 48.5 Å². The minimum atomic E-state index is -0.125. The van der Waals surface area contributed by atoms with Crippen molar-refractivity contribution in [3.8, 4) is 6.07 Å². The lowest BCUT2D eigenvalue weighted by atomic mass is 9.88. The average Bonchev–Trinajstić information content (AvgIpc) is 2.53. The van der Waals surface area contributed by atoms with E-state index in [0.29, 0.717) is 36.3 Å². The van der Waals surface area contributed by atoms with E-state index in [9.17, 15) is 4.79 Å². The van der Waals surface area contributed by atoms with Crippen LogP contribution in [0.25, 0.3) is 0 Å². The second kappa shape index (κ2) is 7.80. The van der Waals surface area contributed by atoms with E-state index < -0.39 is 0 Å². The molecule has 0 bridgehead atoms. The summed E-state index contributed by atoms with van der Waals surface area (Å²) in [6, 6.07) is 8.66. The van der Waals surface area contributed by atoms with E-state index in [1.165, 1.54) is 19.3 Å². The van der Waals surface area contributed by atoms with Gasteiger partial charge in [0.1, 0.15) is 0 Å². The zero-order valence-corrected chi connectivity index (χ0v) is 12.5. The topological polar surface area (TPSA) is 62.1 Å². The molecule has 0 aromatic heterocycles. The lowest BCUT2D eigenvalue weighted by Gasteiger charge is -2.28. The maximum absolute atomic E-state index is 11.9. The van der Waals surface area contributed by atoms with E-state index in [1.807, 2.05) is 6.07 Å². The number of hydrogen-bond acceptors (Lipinski definition) is 3. The molecule has 1 aliphatic carbocycles. The lowest BCUT2D eigenvalue weighted by molar-refractivity contribution is -0.00293. The third-order valence-corrected chi connectivity index (χ3v) is 4.03. The van der Waals surface area contributed by atoms with Crippen molar-refractivity contribution in [2.75, 3.05) is 13.2 Å². The Kier molecular flexibility index (Phi) is 5.77. The maximum atomic E-state index is 11.9. The highest BCUT2D eigenvalue weighted by Crippen LogP contribution is 2.25. The van der Waals surface area contributed by atoms with Crippen LogP contribution in [0.3, 0.4) is 0 Å². The van der Waals surface area contributed by atoms with Crippen molar-refractivity contribution in [2.24, 2.45) is 5.92 Å². The summed E-state index contributed by atoms with van der Waals surface area (Å²) in [5, 5.41) is 11.6. The Morgan fingerprint density at radius 1 is 1.33 bits per heavy atom. The van der Waals surface area contributed by atoms with Gasteiger partial charge in [0.15, 0.2) is 0 Å². The van der Waals surface area contributed by atoms with Gasteiger partial charge in [0.05, 0.1) is 24.3 Å². The molecule has 0 saturated heterocycles. The molecule has 0 unspecified atom stereocenters. The van der Waals surface area contributed by atoms with Crippen molar-refractivity contribution < 1.29 is 9.53 Å². The van der Waals surface area contributed by atoms with Crippen LogP contribution in [0, 0.1) is 17.2 Å². The smallest absolute Gasteiger partial charge is 0.251 e. The molecule has 4 heteroatoms. The SMILES string of the molecule is C[C@@H]1CCCC[C@H]1OCCNC(=O)c1ccc(C#N)cc1. The molecule has 2 rings (SSSR count). The molecule has 0 spiro atoms. The minimum Gasteiger partial charge on any atom is -0.376 e. The molecule has 1 fully saturated rings. The first-order valence-corrected chi connectivity index (χ1v) is 7.60. The van der Waals surface area contributed by atoms with Gasteiger partial charge in [0, 0.05) is 12.1 Å². The molecular weight excluding hydrogens is 264 g/mol. The quantitative estimate of drug-likeness (QED) is 0.847. The predicted molar refractivity (Wildman–Crippen MR) is 80.9 cm³/mol. The molecule has 0 aliphatic heterocycles. The summed E-state index contributed by atoms with van der Waals surface area (Å²) in [4.78, 5) is 11.9. The molecule has 4 nitrogen and oxygen atoms in total. The van der Waals surface area contributed by atoms with Crippen molar-refractivity contribution in [2.45, 2.75) is 38.7 Å². The number of benzene rings is 1. The molecule has 1 N–H and O–H groups in total. The number of nitrogens with zero attached hydrogens (tertiary/aromatic N) is 1. The summed E-state index contributed by atoms with van der Waals surface area (Å²) in [5.41, 5.74) is 1.13. The summed E-state index contributed by atoms with van der Waals surface area (Å²) < 4.78 is 5.86. The second-order valence-corrected chi connectivity index (χ2v) is 5.62. The number of ether oxygens (including phenoxy) is 1. The fourth-order valence-corrected chi connectivity index (χ4v) is 2.70. The molecule has 1 aliphatic rings. The molecule has 1 aromatic carbocycles. The van der Waals surface area contributed by atoms with Gasteiger partial charge >= 0.3 is 0 Å². The van der Waals surface area contributed by atoms with Gasteiger partial charge in [-0.15, -0.1) is 0 Å². The Morgan fingerprint density at radius 3 is 2.71 bits per heavy atom. The molecule has 0 heterocycles. The molecule has 1 aromatic rings. The van der Waals surface area contributed by atoms with Gasteiger partial charge in [0.25, 0.3) is 5.91 Å². The number of hydrogen-bond donors (Lipinski definition) is 1. The minimum absolute atomic E-state index is 0.125. The number of nitrogens with one attached hydrogen (secondary N) is 1. The first-order chi connectivity index (χ1) is 10.2. The average molecular weight is 286 g/mol. The van der Waals surface area contributed by atoms with Gasteiger partial charge in [-0.25, -0.2) is 0 Å². The summed E-state index contributed by atoms with van der Waals surface area (Å²) in [6.07, 6.45) is 5.25. The van der Waals surface area contributed by atoms with Crippen LogP contribution >= 0.6 is 0 Å². The normalized spacial score (nSPS) is 21.5. The molecule has 21 heavy (non-hydrogen) atoms. The fraction of sp³-hybridized carbons (Fsp3) is 0.529. The number of amides is 1. The van der Waals surface area contributed by atoms with Gasteiger partial charge in [0.2, 0.25) is 0 Å². The van der Waals surface area contributed by atoms with E-state index in [4.69, 9.17) is 10.00 Å². The highest BCUT2D eigenvalue weighted by atomic mass is 16.5. The first kappa shape index (κ1) is 15.5. The van der Waals surface area contributed by atoms with Gasteiger partial charge in [-0.2, -0.15) is 5.26 Å². The summed E-state index contributed by atoms with van der Waals surface area (Å²) in [5.74, 6) is 0.493. The van der Waals surface area contributed by atoms with Crippen molar-refractivity contribution in [1.29, 1.82) is 5.26 Å². The summed E-state index contributed by atoms with van der Waals surface area (Å²) in [7, 11) is 0. The molecule has 2 atom stereocenters. The second-order valence-electron chi connectivity index (χ2n) is 5.62. The number of carbonyl (C=O) groups is 1. The van der Waals surface area contributed by atoms with Gasteiger partial charge in [-0.05, 0) is 43.0 Å². The number of rotatable bonds is 5. The maximum Gasteiger partial charge on any atom is 0.251 e. The standard InChI is InChI=1S/C17H22N2O2/c1-13-4-2-3-5-16(13)21-11-10-19-17(20)15-8-6-14(12-18)7-9-15/h6-9,13,16H,2-5,10-11H2,1H3,(H,19,20)/t13-,16-/m1/s1. The highest BCUT2D eigenvalue weighted by Gasteiger charge is 2.21. The zero-order valence-electron chi connectivity index (χ0n) is 12.5. The van der Waals surface area contributed by atoms with E-state index in [-0.39, 0.29) is 5.91 Å². The molecular formula is C17H22N2O2. The zero-order chi connectivity index (χ0) is 15.1. The highest BCUT2D eigenvalue weighted by molar-refractivity contribution is 5.94. The van der Waals surface area contributed by atoms with Crippen LogP contribution in [-0.4, -0.2) is 25.2 Å². The molecule has 112 valence electrons. The van der Waals surface area contributed by atoms with Crippen LogP contribution in [-0.2, 0) is 4.74 Å². The third kappa shape index (κ3) is 4.57. The van der Waals surface area contributed by atoms with Gasteiger partial charge in [-0.3, -0.25) is 4.79 Å². The lowest BCUT2D eigenvalue weighted by Crippen LogP contribution is -2.31. The number of nitriles is 1. The molecule has 1 saturated carbocycles. The fourth-order valence-electron chi connectivity index (χ4n) is 2.70. The Hall–Kier alpha value is -1.86. The van der Waals surface area contributed by atoms with Crippen LogP contribution in [0.2, 0.25) is 0 Å². The van der Waals surface area contributed by atoms with Crippen molar-refractivity contribution in [1.82, 2.24) is 5.32 Å². The van der Waals surface area contributed by atoms with Crippen LogP contribution in [0.5, 0.6) is 0 Å². The monoisotopic (exact) mass is 286 g/mol. The van der Waals surface area contributed by atoms with Crippen molar-refractivity contribution >= 4 is 5.91 Å². The molecule has 0 radical (unpaired) electrons. The Morgan fingerprint density at radius 2 is 2.05 bits per heavy atom. The van der Waals surface area contributed by atoms with Crippen LogP contribution < -0.4 is 5.32 Å². The first-order valence-electron chi connectivity index (χ1n) is 7.60. The third-order valence-electron chi connectivity index (χ3n) is 4.03. The Bertz CT molecular complexity index is 505. The van der Waals surface area contributed by atoms with Gasteiger partial charge < -0.3 is 10.1 Å². The van der Waals surface area contributed by atoms with Gasteiger partial charge in [-0.1, -0.05) is 19.8 Å². The predicted octanol–water partition coefficient (Wildman–Crippen LogP) is 2.88.